The Bertz CT molecular complexity index is 341. The van der Waals surface area contributed by atoms with Crippen LogP contribution in [0.25, 0.3) is 0 Å². The minimum absolute atomic E-state index is 0.585. The van der Waals surface area contributed by atoms with E-state index < -0.39 is 0 Å². The Morgan fingerprint density at radius 2 is 2.43 bits per heavy atom. The largest absolute Gasteiger partial charge is 0.382 e. The molecule has 1 aliphatic heterocycles. The molecule has 1 nitrogen and oxygen atoms in total. The fraction of sp³-hybridized carbons (Fsp3) is 0.385. The molecule has 1 heteroatoms. The summed E-state index contributed by atoms with van der Waals surface area (Å²) < 4.78 is 0. The first kappa shape index (κ1) is 9.32. The van der Waals surface area contributed by atoms with Crippen LogP contribution in [0.1, 0.15) is 24.0 Å². The zero-order valence-electron chi connectivity index (χ0n) is 8.72. The van der Waals surface area contributed by atoms with E-state index in [2.05, 4.69) is 37.0 Å². The molecule has 0 aromatic heterocycles. The molecule has 1 aromatic rings. The first-order chi connectivity index (χ1) is 6.79. The van der Waals surface area contributed by atoms with E-state index >= 15 is 0 Å². The Kier molecular flexibility index (Phi) is 2.58. The van der Waals surface area contributed by atoms with Crippen molar-refractivity contribution < 1.29 is 0 Å². The molecule has 0 amide bonds. The average molecular weight is 187 g/mol. The molecule has 74 valence electrons. The SMILES string of the molecule is C=CCC1CCc2ccc(C)cc2N1. The van der Waals surface area contributed by atoms with Gasteiger partial charge >= 0.3 is 0 Å². The summed E-state index contributed by atoms with van der Waals surface area (Å²) in [6, 6.07) is 7.25. The molecule has 0 fully saturated rings. The van der Waals surface area contributed by atoms with Gasteiger partial charge in [0.05, 0.1) is 0 Å². The van der Waals surface area contributed by atoms with Crippen LogP contribution in [0.3, 0.4) is 0 Å². The highest BCUT2D eigenvalue weighted by atomic mass is 14.9. The van der Waals surface area contributed by atoms with Gasteiger partial charge in [-0.3, -0.25) is 0 Å². The van der Waals surface area contributed by atoms with Gasteiger partial charge in [-0.2, -0.15) is 0 Å². The number of anilines is 1. The topological polar surface area (TPSA) is 12.0 Å². The minimum Gasteiger partial charge on any atom is -0.382 e. The fourth-order valence-electron chi connectivity index (χ4n) is 2.04. The summed E-state index contributed by atoms with van der Waals surface area (Å²) in [5, 5.41) is 3.57. The van der Waals surface area contributed by atoms with E-state index in [1.807, 2.05) is 6.08 Å². The number of nitrogens with one attached hydrogen (secondary N) is 1. The van der Waals surface area contributed by atoms with Crippen LogP contribution in [0.15, 0.2) is 30.9 Å². The predicted molar refractivity (Wildman–Crippen MR) is 61.7 cm³/mol. The number of hydrogen-bond donors (Lipinski definition) is 1. The first-order valence-electron chi connectivity index (χ1n) is 5.26. The Balaban J connectivity index is 2.20. The maximum atomic E-state index is 3.79. The van der Waals surface area contributed by atoms with Crippen LogP contribution in [0, 0.1) is 6.92 Å². The molecule has 0 spiro atoms. The Labute approximate surface area is 85.8 Å². The van der Waals surface area contributed by atoms with Crippen LogP contribution in [0.5, 0.6) is 0 Å². The van der Waals surface area contributed by atoms with Gasteiger partial charge in [-0.05, 0) is 43.4 Å². The zero-order valence-corrected chi connectivity index (χ0v) is 8.72. The van der Waals surface area contributed by atoms with Crippen molar-refractivity contribution in [1.82, 2.24) is 0 Å². The van der Waals surface area contributed by atoms with Crippen molar-refractivity contribution in [2.24, 2.45) is 0 Å². The van der Waals surface area contributed by atoms with Gasteiger partial charge in [0.1, 0.15) is 0 Å². The molecule has 1 aromatic carbocycles. The molecular weight excluding hydrogens is 170 g/mol. The Morgan fingerprint density at radius 1 is 1.57 bits per heavy atom. The molecule has 2 rings (SSSR count). The number of benzene rings is 1. The van der Waals surface area contributed by atoms with E-state index in [4.69, 9.17) is 0 Å². The van der Waals surface area contributed by atoms with Gasteiger partial charge in [-0.1, -0.05) is 18.2 Å². The summed E-state index contributed by atoms with van der Waals surface area (Å²) in [7, 11) is 0. The van der Waals surface area contributed by atoms with Crippen molar-refractivity contribution in [2.45, 2.75) is 32.2 Å². The zero-order chi connectivity index (χ0) is 9.97. The van der Waals surface area contributed by atoms with Gasteiger partial charge < -0.3 is 5.32 Å². The summed E-state index contributed by atoms with van der Waals surface area (Å²) >= 11 is 0. The monoisotopic (exact) mass is 187 g/mol. The van der Waals surface area contributed by atoms with Crippen molar-refractivity contribution in [1.29, 1.82) is 0 Å². The van der Waals surface area contributed by atoms with Crippen LogP contribution in [0.4, 0.5) is 5.69 Å². The molecule has 1 unspecified atom stereocenters. The lowest BCUT2D eigenvalue weighted by atomic mass is 9.95. The van der Waals surface area contributed by atoms with Crippen LogP contribution < -0.4 is 5.32 Å². The van der Waals surface area contributed by atoms with Crippen molar-refractivity contribution >= 4 is 5.69 Å². The second-order valence-electron chi connectivity index (χ2n) is 4.06. The second kappa shape index (κ2) is 3.87. The molecule has 0 aliphatic carbocycles. The molecule has 0 saturated carbocycles. The van der Waals surface area contributed by atoms with Gasteiger partial charge in [0.15, 0.2) is 0 Å². The molecular formula is C13H17N. The summed E-state index contributed by atoms with van der Waals surface area (Å²) in [5.41, 5.74) is 4.11. The molecule has 0 bridgehead atoms. The first-order valence-corrected chi connectivity index (χ1v) is 5.26. The molecule has 1 N–H and O–H groups in total. The summed E-state index contributed by atoms with van der Waals surface area (Å²) in [4.78, 5) is 0. The van der Waals surface area contributed by atoms with E-state index in [1.54, 1.807) is 0 Å². The standard InChI is InChI=1S/C13H17N/c1-3-4-12-8-7-11-6-5-10(2)9-13(11)14-12/h3,5-6,9,12,14H,1,4,7-8H2,2H3. The lowest BCUT2D eigenvalue weighted by Gasteiger charge is -2.26. The second-order valence-corrected chi connectivity index (χ2v) is 4.06. The maximum absolute atomic E-state index is 3.79. The molecule has 1 atom stereocenters. The van der Waals surface area contributed by atoms with Gasteiger partial charge in [-0.15, -0.1) is 6.58 Å². The Morgan fingerprint density at radius 3 is 3.21 bits per heavy atom. The van der Waals surface area contributed by atoms with E-state index in [-0.39, 0.29) is 0 Å². The van der Waals surface area contributed by atoms with Gasteiger partial charge in [0.2, 0.25) is 0 Å². The van der Waals surface area contributed by atoms with Gasteiger partial charge in [0, 0.05) is 11.7 Å². The van der Waals surface area contributed by atoms with Crippen LogP contribution in [-0.4, -0.2) is 6.04 Å². The highest BCUT2D eigenvalue weighted by molar-refractivity contribution is 5.55. The fourth-order valence-corrected chi connectivity index (χ4v) is 2.04. The highest BCUT2D eigenvalue weighted by Crippen LogP contribution is 2.26. The normalized spacial score (nSPS) is 19.6. The number of fused-ring (bicyclic) bond motifs is 1. The van der Waals surface area contributed by atoms with Crippen molar-refractivity contribution in [3.63, 3.8) is 0 Å². The van der Waals surface area contributed by atoms with Crippen LogP contribution >= 0.6 is 0 Å². The number of rotatable bonds is 2. The van der Waals surface area contributed by atoms with E-state index in [0.29, 0.717) is 6.04 Å². The van der Waals surface area contributed by atoms with Crippen LogP contribution in [-0.2, 0) is 6.42 Å². The molecule has 1 heterocycles. The third kappa shape index (κ3) is 1.82. The van der Waals surface area contributed by atoms with Crippen LogP contribution in [0.2, 0.25) is 0 Å². The minimum atomic E-state index is 0.585. The lowest BCUT2D eigenvalue weighted by molar-refractivity contribution is 0.639. The average Bonchev–Trinajstić information content (AvgIpc) is 2.17. The third-order valence-corrected chi connectivity index (χ3v) is 2.84. The maximum Gasteiger partial charge on any atom is 0.0377 e. The quantitative estimate of drug-likeness (QED) is 0.700. The summed E-state index contributed by atoms with van der Waals surface area (Å²) in [6.07, 6.45) is 5.48. The number of hydrogen-bond acceptors (Lipinski definition) is 1. The predicted octanol–water partition coefficient (Wildman–Crippen LogP) is 3.30. The number of aryl methyl sites for hydroxylation is 2. The van der Waals surface area contributed by atoms with E-state index in [1.165, 1.54) is 29.7 Å². The molecule has 1 aliphatic rings. The smallest absolute Gasteiger partial charge is 0.0377 e. The van der Waals surface area contributed by atoms with Crippen molar-refractivity contribution in [3.05, 3.63) is 42.0 Å². The van der Waals surface area contributed by atoms with Gasteiger partial charge in [0.25, 0.3) is 0 Å². The van der Waals surface area contributed by atoms with E-state index in [9.17, 15) is 0 Å². The van der Waals surface area contributed by atoms with Gasteiger partial charge in [-0.25, -0.2) is 0 Å². The van der Waals surface area contributed by atoms with E-state index in [0.717, 1.165) is 6.42 Å². The Hall–Kier alpha value is -1.24. The molecule has 0 saturated heterocycles. The van der Waals surface area contributed by atoms with Crippen molar-refractivity contribution in [2.75, 3.05) is 5.32 Å². The summed E-state index contributed by atoms with van der Waals surface area (Å²) in [5.74, 6) is 0. The molecule has 0 radical (unpaired) electrons. The third-order valence-electron chi connectivity index (χ3n) is 2.84. The van der Waals surface area contributed by atoms with Crippen molar-refractivity contribution in [3.8, 4) is 0 Å². The summed E-state index contributed by atoms with van der Waals surface area (Å²) in [6.45, 7) is 5.93. The lowest BCUT2D eigenvalue weighted by Crippen LogP contribution is -2.24. The highest BCUT2D eigenvalue weighted by Gasteiger charge is 2.15. The molecule has 14 heavy (non-hydrogen) atoms.